The van der Waals surface area contributed by atoms with Crippen LogP contribution in [0, 0.1) is 6.92 Å². The van der Waals surface area contributed by atoms with Gasteiger partial charge >= 0.3 is 6.03 Å². The summed E-state index contributed by atoms with van der Waals surface area (Å²) < 4.78 is 0. The van der Waals surface area contributed by atoms with Crippen LogP contribution in [0.5, 0.6) is 0 Å². The maximum atomic E-state index is 12.7. The fraction of sp³-hybridized carbons (Fsp3) is 0.333. The molecule has 5 heteroatoms. The molecule has 0 fully saturated rings. The van der Waals surface area contributed by atoms with Gasteiger partial charge in [0, 0.05) is 30.0 Å². The molecule has 3 amide bonds. The maximum Gasteiger partial charge on any atom is 0.326 e. The molecule has 26 heavy (non-hydrogen) atoms. The van der Waals surface area contributed by atoms with Gasteiger partial charge in [-0.2, -0.15) is 0 Å². The number of carbonyl (C=O) groups excluding carboxylic acids is 2. The molecule has 5 nitrogen and oxygen atoms in total. The minimum Gasteiger partial charge on any atom is -0.352 e. The number of unbranched alkanes of at least 4 members (excludes halogenated alkanes) is 1. The second-order valence-electron chi connectivity index (χ2n) is 6.61. The van der Waals surface area contributed by atoms with Crippen molar-refractivity contribution in [3.8, 4) is 0 Å². The Morgan fingerprint density at radius 2 is 1.88 bits per heavy atom. The smallest absolute Gasteiger partial charge is 0.326 e. The van der Waals surface area contributed by atoms with Gasteiger partial charge < -0.3 is 10.6 Å². The van der Waals surface area contributed by atoms with Crippen molar-refractivity contribution in [1.82, 2.24) is 5.32 Å². The van der Waals surface area contributed by atoms with E-state index in [0.717, 1.165) is 35.3 Å². The molecule has 0 aromatic heterocycles. The van der Waals surface area contributed by atoms with E-state index in [2.05, 4.69) is 17.6 Å². The van der Waals surface area contributed by atoms with Crippen LogP contribution in [0.2, 0.25) is 0 Å². The van der Waals surface area contributed by atoms with E-state index in [1.807, 2.05) is 49.4 Å². The summed E-state index contributed by atoms with van der Waals surface area (Å²) in [6.07, 6.45) is 2.69. The lowest BCUT2D eigenvalue weighted by molar-refractivity contribution is 0.0952. The molecule has 2 aromatic carbocycles. The van der Waals surface area contributed by atoms with Gasteiger partial charge in [0.15, 0.2) is 0 Å². The predicted octanol–water partition coefficient (Wildman–Crippen LogP) is 4.12. The summed E-state index contributed by atoms with van der Waals surface area (Å²) >= 11 is 0. The number of nitrogens with zero attached hydrogens (tertiary/aromatic N) is 1. The van der Waals surface area contributed by atoms with E-state index >= 15 is 0 Å². The summed E-state index contributed by atoms with van der Waals surface area (Å²) in [4.78, 5) is 26.8. The largest absolute Gasteiger partial charge is 0.352 e. The van der Waals surface area contributed by atoms with E-state index in [0.29, 0.717) is 25.1 Å². The molecule has 1 heterocycles. The zero-order chi connectivity index (χ0) is 18.5. The van der Waals surface area contributed by atoms with Crippen molar-refractivity contribution < 1.29 is 9.59 Å². The third-order valence-corrected chi connectivity index (χ3v) is 4.64. The van der Waals surface area contributed by atoms with Crippen molar-refractivity contribution in [3.63, 3.8) is 0 Å². The van der Waals surface area contributed by atoms with Crippen molar-refractivity contribution in [3.05, 3.63) is 59.2 Å². The zero-order valence-corrected chi connectivity index (χ0v) is 15.3. The third kappa shape index (κ3) is 3.87. The van der Waals surface area contributed by atoms with E-state index in [4.69, 9.17) is 0 Å². The van der Waals surface area contributed by atoms with Crippen molar-refractivity contribution in [1.29, 1.82) is 0 Å². The Morgan fingerprint density at radius 3 is 2.62 bits per heavy atom. The molecule has 1 aliphatic heterocycles. The Labute approximate surface area is 154 Å². The van der Waals surface area contributed by atoms with Gasteiger partial charge in [0.05, 0.1) is 0 Å². The highest BCUT2D eigenvalue weighted by atomic mass is 16.2. The van der Waals surface area contributed by atoms with Gasteiger partial charge in [-0.15, -0.1) is 0 Å². The van der Waals surface area contributed by atoms with Crippen LogP contribution in [-0.4, -0.2) is 25.0 Å². The number of nitrogens with one attached hydrogen (secondary N) is 2. The van der Waals surface area contributed by atoms with Crippen molar-refractivity contribution >= 4 is 23.3 Å². The molecule has 1 aliphatic rings. The fourth-order valence-corrected chi connectivity index (χ4v) is 3.16. The van der Waals surface area contributed by atoms with Gasteiger partial charge in [0.2, 0.25) is 0 Å². The number of carbonyl (C=O) groups is 2. The van der Waals surface area contributed by atoms with Gasteiger partial charge in [0.25, 0.3) is 5.91 Å². The van der Waals surface area contributed by atoms with Gasteiger partial charge in [-0.1, -0.05) is 37.1 Å². The highest BCUT2D eigenvalue weighted by Crippen LogP contribution is 2.31. The van der Waals surface area contributed by atoms with Crippen molar-refractivity contribution in [2.75, 3.05) is 23.3 Å². The van der Waals surface area contributed by atoms with E-state index in [1.165, 1.54) is 0 Å². The molecule has 0 saturated heterocycles. The first-order chi connectivity index (χ1) is 12.6. The molecule has 0 unspecified atom stereocenters. The second kappa shape index (κ2) is 8.04. The van der Waals surface area contributed by atoms with E-state index < -0.39 is 0 Å². The lowest BCUT2D eigenvalue weighted by atomic mass is 10.0. The lowest BCUT2D eigenvalue weighted by Gasteiger charge is -2.18. The van der Waals surface area contributed by atoms with E-state index in [1.54, 1.807) is 4.90 Å². The molecular formula is C21H25N3O2. The highest BCUT2D eigenvalue weighted by molar-refractivity contribution is 6.05. The number of hydrogen-bond donors (Lipinski definition) is 2. The molecule has 136 valence electrons. The fourth-order valence-electron chi connectivity index (χ4n) is 3.16. The second-order valence-corrected chi connectivity index (χ2v) is 6.61. The van der Waals surface area contributed by atoms with Crippen LogP contribution in [0.3, 0.4) is 0 Å². The summed E-state index contributed by atoms with van der Waals surface area (Å²) in [6, 6.07) is 13.1. The Morgan fingerprint density at radius 1 is 1.12 bits per heavy atom. The SMILES string of the molecule is CCCCNC(=O)c1cccc2c1CCN2C(=O)Nc1ccc(C)cc1. The molecule has 0 atom stereocenters. The Hall–Kier alpha value is -2.82. The number of benzene rings is 2. The molecule has 2 aromatic rings. The summed E-state index contributed by atoms with van der Waals surface area (Å²) in [6.45, 7) is 5.36. The predicted molar refractivity (Wildman–Crippen MR) is 105 cm³/mol. The third-order valence-electron chi connectivity index (χ3n) is 4.64. The molecule has 0 saturated carbocycles. The molecule has 0 spiro atoms. The number of anilines is 2. The zero-order valence-electron chi connectivity index (χ0n) is 15.3. The number of amides is 3. The molecular weight excluding hydrogens is 326 g/mol. The average Bonchev–Trinajstić information content (AvgIpc) is 3.08. The first kappa shape index (κ1) is 18.0. The lowest BCUT2D eigenvalue weighted by Crippen LogP contribution is -2.33. The number of fused-ring (bicyclic) bond motifs is 1. The summed E-state index contributed by atoms with van der Waals surface area (Å²) in [5, 5.41) is 5.89. The van der Waals surface area contributed by atoms with Gasteiger partial charge in [-0.05, 0) is 49.6 Å². The average molecular weight is 351 g/mol. The molecule has 0 aliphatic carbocycles. The topological polar surface area (TPSA) is 61.4 Å². The summed E-state index contributed by atoms with van der Waals surface area (Å²) in [7, 11) is 0. The van der Waals surface area contributed by atoms with Crippen molar-refractivity contribution in [2.45, 2.75) is 33.1 Å². The van der Waals surface area contributed by atoms with Gasteiger partial charge in [-0.25, -0.2) is 4.79 Å². The molecule has 3 rings (SSSR count). The van der Waals surface area contributed by atoms with Crippen LogP contribution in [-0.2, 0) is 6.42 Å². The van der Waals surface area contributed by atoms with Crippen LogP contribution in [0.15, 0.2) is 42.5 Å². The van der Waals surface area contributed by atoms with Crippen LogP contribution >= 0.6 is 0 Å². The monoisotopic (exact) mass is 351 g/mol. The number of rotatable bonds is 5. The Balaban J connectivity index is 1.74. The van der Waals surface area contributed by atoms with Crippen LogP contribution in [0.25, 0.3) is 0 Å². The van der Waals surface area contributed by atoms with E-state index in [-0.39, 0.29) is 11.9 Å². The summed E-state index contributed by atoms with van der Waals surface area (Å²) in [5.74, 6) is -0.0592. The number of aryl methyl sites for hydroxylation is 1. The molecule has 0 bridgehead atoms. The number of urea groups is 1. The Kier molecular flexibility index (Phi) is 5.56. The van der Waals surface area contributed by atoms with Crippen LogP contribution in [0.1, 0.15) is 41.3 Å². The van der Waals surface area contributed by atoms with Crippen molar-refractivity contribution in [2.24, 2.45) is 0 Å². The normalized spacial score (nSPS) is 12.6. The first-order valence-corrected chi connectivity index (χ1v) is 9.15. The van der Waals surface area contributed by atoms with Crippen LogP contribution < -0.4 is 15.5 Å². The Bertz CT molecular complexity index is 799. The summed E-state index contributed by atoms with van der Waals surface area (Å²) in [5.41, 5.74) is 4.35. The van der Waals surface area contributed by atoms with Gasteiger partial charge in [0.1, 0.15) is 0 Å². The minimum absolute atomic E-state index is 0.0592. The maximum absolute atomic E-state index is 12.7. The minimum atomic E-state index is -0.170. The van der Waals surface area contributed by atoms with Crippen LogP contribution in [0.4, 0.5) is 16.2 Å². The van der Waals surface area contributed by atoms with E-state index in [9.17, 15) is 9.59 Å². The quantitative estimate of drug-likeness (QED) is 0.796. The first-order valence-electron chi connectivity index (χ1n) is 9.15. The standard InChI is InChI=1S/C21H25N3O2/c1-3-4-13-22-20(25)18-6-5-7-19-17(18)12-14-24(19)21(26)23-16-10-8-15(2)9-11-16/h5-11H,3-4,12-14H2,1-2H3,(H,22,25)(H,23,26). The molecule has 2 N–H and O–H groups in total. The number of hydrogen-bond acceptors (Lipinski definition) is 2. The van der Waals surface area contributed by atoms with Gasteiger partial charge in [-0.3, -0.25) is 9.69 Å². The molecule has 0 radical (unpaired) electrons. The highest BCUT2D eigenvalue weighted by Gasteiger charge is 2.28.